The van der Waals surface area contributed by atoms with Gasteiger partial charge in [-0.3, -0.25) is 4.79 Å². The molecule has 17 heavy (non-hydrogen) atoms. The molecule has 4 nitrogen and oxygen atoms in total. The highest BCUT2D eigenvalue weighted by molar-refractivity contribution is 9.10. The van der Waals surface area contributed by atoms with Gasteiger partial charge in [0.2, 0.25) is 0 Å². The van der Waals surface area contributed by atoms with Crippen molar-refractivity contribution in [3.05, 3.63) is 28.2 Å². The number of hydrogen-bond donors (Lipinski definition) is 2. The third kappa shape index (κ3) is 5.19. The Morgan fingerprint density at radius 3 is 2.88 bits per heavy atom. The summed E-state index contributed by atoms with van der Waals surface area (Å²) >= 11 is 3.42. The maximum Gasteiger partial charge on any atom is 0.303 e. The van der Waals surface area contributed by atoms with Gasteiger partial charge in [0.1, 0.15) is 5.75 Å². The van der Waals surface area contributed by atoms with E-state index in [1.165, 1.54) is 0 Å². The molecule has 1 aromatic carbocycles. The number of benzene rings is 1. The molecule has 0 fully saturated rings. The molecule has 0 radical (unpaired) electrons. The van der Waals surface area contributed by atoms with Crippen molar-refractivity contribution < 1.29 is 14.6 Å². The minimum atomic E-state index is -0.751. The summed E-state index contributed by atoms with van der Waals surface area (Å²) in [6, 6.07) is 5.87. The number of carboxylic acid groups (broad SMARTS) is 1. The molecule has 1 aromatic rings. The van der Waals surface area contributed by atoms with E-state index in [0.717, 1.165) is 22.3 Å². The molecule has 1 rings (SSSR count). The Hall–Kier alpha value is -1.07. The summed E-state index contributed by atoms with van der Waals surface area (Å²) in [7, 11) is 1.63. The van der Waals surface area contributed by atoms with Gasteiger partial charge in [-0.25, -0.2) is 0 Å². The van der Waals surface area contributed by atoms with E-state index in [9.17, 15) is 4.79 Å². The summed E-state index contributed by atoms with van der Waals surface area (Å²) < 4.78 is 6.06. The van der Waals surface area contributed by atoms with Gasteiger partial charge in [0.15, 0.2) is 0 Å². The number of rotatable bonds is 7. The SMILES string of the molecule is COc1ccc(CNCCCC(=O)O)cc1Br. The van der Waals surface area contributed by atoms with Crippen LogP contribution in [-0.2, 0) is 11.3 Å². The molecule has 94 valence electrons. The van der Waals surface area contributed by atoms with Gasteiger partial charge in [0.25, 0.3) is 0 Å². The summed E-state index contributed by atoms with van der Waals surface area (Å²) in [4.78, 5) is 10.3. The zero-order valence-corrected chi connectivity index (χ0v) is 11.3. The van der Waals surface area contributed by atoms with Crippen LogP contribution < -0.4 is 10.1 Å². The van der Waals surface area contributed by atoms with Crippen LogP contribution in [0.5, 0.6) is 5.75 Å². The number of methoxy groups -OCH3 is 1. The van der Waals surface area contributed by atoms with E-state index in [0.29, 0.717) is 13.0 Å². The van der Waals surface area contributed by atoms with Gasteiger partial charge in [-0.2, -0.15) is 0 Å². The Balaban J connectivity index is 2.32. The number of halogens is 1. The average Bonchev–Trinajstić information content (AvgIpc) is 2.28. The van der Waals surface area contributed by atoms with Gasteiger partial charge in [0.05, 0.1) is 11.6 Å². The van der Waals surface area contributed by atoms with E-state index >= 15 is 0 Å². The van der Waals surface area contributed by atoms with Crippen LogP contribution in [0.1, 0.15) is 18.4 Å². The van der Waals surface area contributed by atoms with Gasteiger partial charge in [-0.05, 0) is 46.6 Å². The second-order valence-corrected chi connectivity index (χ2v) is 4.50. The first kappa shape index (κ1) is 14.0. The largest absolute Gasteiger partial charge is 0.496 e. The van der Waals surface area contributed by atoms with E-state index in [2.05, 4.69) is 21.2 Å². The molecule has 0 aliphatic carbocycles. The van der Waals surface area contributed by atoms with Gasteiger partial charge >= 0.3 is 5.97 Å². The van der Waals surface area contributed by atoms with E-state index < -0.39 is 5.97 Å². The van der Waals surface area contributed by atoms with Crippen molar-refractivity contribution in [2.24, 2.45) is 0 Å². The Bertz CT molecular complexity index is 382. The van der Waals surface area contributed by atoms with Crippen molar-refractivity contribution in [1.82, 2.24) is 5.32 Å². The fourth-order valence-electron chi connectivity index (χ4n) is 1.42. The lowest BCUT2D eigenvalue weighted by Crippen LogP contribution is -2.15. The number of hydrogen-bond acceptors (Lipinski definition) is 3. The number of ether oxygens (including phenoxy) is 1. The van der Waals surface area contributed by atoms with Gasteiger partial charge in [-0.1, -0.05) is 6.07 Å². The first-order chi connectivity index (χ1) is 8.13. The average molecular weight is 302 g/mol. The predicted molar refractivity (Wildman–Crippen MR) is 69.3 cm³/mol. The van der Waals surface area contributed by atoms with Gasteiger partial charge < -0.3 is 15.2 Å². The first-order valence-electron chi connectivity index (χ1n) is 5.38. The van der Waals surface area contributed by atoms with Crippen LogP contribution in [0.15, 0.2) is 22.7 Å². The van der Waals surface area contributed by atoms with Crippen LogP contribution in [0, 0.1) is 0 Å². The maximum absolute atomic E-state index is 10.3. The monoisotopic (exact) mass is 301 g/mol. The molecule has 0 unspecified atom stereocenters. The lowest BCUT2D eigenvalue weighted by atomic mass is 10.2. The van der Waals surface area contributed by atoms with Crippen molar-refractivity contribution in [3.8, 4) is 5.75 Å². The molecule has 2 N–H and O–H groups in total. The van der Waals surface area contributed by atoms with E-state index in [4.69, 9.17) is 9.84 Å². The highest BCUT2D eigenvalue weighted by Gasteiger charge is 2.01. The molecule has 0 bridgehead atoms. The molecule has 0 amide bonds. The number of carboxylic acids is 1. The minimum absolute atomic E-state index is 0.208. The van der Waals surface area contributed by atoms with Crippen molar-refractivity contribution in [3.63, 3.8) is 0 Å². The van der Waals surface area contributed by atoms with Crippen LogP contribution in [0.2, 0.25) is 0 Å². The summed E-state index contributed by atoms with van der Waals surface area (Å²) in [6.45, 7) is 1.43. The molecule has 0 saturated carbocycles. The molecular formula is C12H16BrNO3. The molecule has 0 spiro atoms. The Morgan fingerprint density at radius 2 is 2.29 bits per heavy atom. The normalized spacial score (nSPS) is 10.2. The molecule has 5 heteroatoms. The second kappa shape index (κ2) is 7.29. The molecular weight excluding hydrogens is 286 g/mol. The molecule has 0 saturated heterocycles. The molecule has 0 aliphatic heterocycles. The predicted octanol–water partition coefficient (Wildman–Crippen LogP) is 2.41. The van der Waals surface area contributed by atoms with Crippen LogP contribution in [-0.4, -0.2) is 24.7 Å². The van der Waals surface area contributed by atoms with Gasteiger partial charge in [-0.15, -0.1) is 0 Å². The van der Waals surface area contributed by atoms with E-state index in [-0.39, 0.29) is 6.42 Å². The fourth-order valence-corrected chi connectivity index (χ4v) is 2.01. The lowest BCUT2D eigenvalue weighted by molar-refractivity contribution is -0.137. The highest BCUT2D eigenvalue weighted by Crippen LogP contribution is 2.25. The third-order valence-electron chi connectivity index (χ3n) is 2.29. The van der Waals surface area contributed by atoms with Crippen molar-refractivity contribution >= 4 is 21.9 Å². The minimum Gasteiger partial charge on any atom is -0.496 e. The number of aliphatic carboxylic acids is 1. The zero-order chi connectivity index (χ0) is 12.7. The highest BCUT2D eigenvalue weighted by atomic mass is 79.9. The lowest BCUT2D eigenvalue weighted by Gasteiger charge is -2.07. The fraction of sp³-hybridized carbons (Fsp3) is 0.417. The molecule has 0 heterocycles. The Morgan fingerprint density at radius 1 is 1.53 bits per heavy atom. The first-order valence-corrected chi connectivity index (χ1v) is 6.17. The summed E-state index contributed by atoms with van der Waals surface area (Å²) in [5.41, 5.74) is 1.13. The third-order valence-corrected chi connectivity index (χ3v) is 2.91. The number of carbonyl (C=O) groups is 1. The van der Waals surface area contributed by atoms with E-state index in [1.807, 2.05) is 18.2 Å². The Kier molecular flexibility index (Phi) is 6.00. The smallest absolute Gasteiger partial charge is 0.303 e. The van der Waals surface area contributed by atoms with Crippen LogP contribution in [0.3, 0.4) is 0 Å². The summed E-state index contributed by atoms with van der Waals surface area (Å²) in [6.07, 6.45) is 0.853. The standard InChI is InChI=1S/C12H16BrNO3/c1-17-11-5-4-9(7-10(11)13)8-14-6-2-3-12(15)16/h4-5,7,14H,2-3,6,8H2,1H3,(H,15,16). The molecule has 0 aliphatic rings. The quantitative estimate of drug-likeness (QED) is 0.759. The van der Waals surface area contributed by atoms with Gasteiger partial charge in [0, 0.05) is 13.0 Å². The Labute approximate surface area is 109 Å². The summed E-state index contributed by atoms with van der Waals surface area (Å²) in [5, 5.41) is 11.7. The maximum atomic E-state index is 10.3. The number of nitrogens with one attached hydrogen (secondary N) is 1. The van der Waals surface area contributed by atoms with Crippen molar-refractivity contribution in [2.45, 2.75) is 19.4 Å². The van der Waals surface area contributed by atoms with Crippen LogP contribution in [0.25, 0.3) is 0 Å². The molecule has 0 aromatic heterocycles. The van der Waals surface area contributed by atoms with Crippen molar-refractivity contribution in [2.75, 3.05) is 13.7 Å². The molecule has 0 atom stereocenters. The van der Waals surface area contributed by atoms with Crippen molar-refractivity contribution in [1.29, 1.82) is 0 Å². The summed E-state index contributed by atoms with van der Waals surface area (Å²) in [5.74, 6) is 0.0543. The van der Waals surface area contributed by atoms with Crippen LogP contribution >= 0.6 is 15.9 Å². The zero-order valence-electron chi connectivity index (χ0n) is 9.70. The van der Waals surface area contributed by atoms with E-state index in [1.54, 1.807) is 7.11 Å². The van der Waals surface area contributed by atoms with Crippen LogP contribution in [0.4, 0.5) is 0 Å². The second-order valence-electron chi connectivity index (χ2n) is 3.64. The topological polar surface area (TPSA) is 58.6 Å².